The molecule has 19 heavy (non-hydrogen) atoms. The zero-order valence-corrected chi connectivity index (χ0v) is 12.7. The monoisotopic (exact) mass is 331 g/mol. The quantitative estimate of drug-likeness (QED) is 0.868. The summed E-state index contributed by atoms with van der Waals surface area (Å²) >= 11 is 3.32. The van der Waals surface area contributed by atoms with Gasteiger partial charge in [-0.15, -0.1) is 0 Å². The lowest BCUT2D eigenvalue weighted by Gasteiger charge is -2.43. The van der Waals surface area contributed by atoms with Crippen LogP contribution in [0.25, 0.3) is 0 Å². The van der Waals surface area contributed by atoms with E-state index < -0.39 is 0 Å². The molecule has 5 heteroatoms. The molecular formula is C14H19BrFNO2. The lowest BCUT2D eigenvalue weighted by atomic mass is 9.85. The van der Waals surface area contributed by atoms with Gasteiger partial charge in [0.15, 0.2) is 11.6 Å². The summed E-state index contributed by atoms with van der Waals surface area (Å²) in [7, 11) is 1.91. The van der Waals surface area contributed by atoms with E-state index in [9.17, 15) is 4.39 Å². The molecule has 0 bridgehead atoms. The fourth-order valence-corrected chi connectivity index (χ4v) is 2.53. The van der Waals surface area contributed by atoms with Gasteiger partial charge in [-0.1, -0.05) is 22.9 Å². The zero-order valence-electron chi connectivity index (χ0n) is 11.2. The predicted octanol–water partition coefficient (Wildman–Crippen LogP) is 3.12. The van der Waals surface area contributed by atoms with E-state index in [1.807, 2.05) is 7.05 Å². The number of nitrogens with one attached hydrogen (secondary N) is 1. The Balaban J connectivity index is 2.00. The van der Waals surface area contributed by atoms with Gasteiger partial charge >= 0.3 is 0 Å². The molecule has 1 N–H and O–H groups in total. The van der Waals surface area contributed by atoms with E-state index in [-0.39, 0.29) is 29.8 Å². The van der Waals surface area contributed by atoms with Crippen molar-refractivity contribution in [3.05, 3.63) is 28.5 Å². The standard InChI is InChI=1S/C14H19BrFNO2/c1-3-6-18-14-11(17-2)8-13(14)19-12-7-9(15)4-5-10(12)16/h4-5,7,11,13-14,17H,3,6,8H2,1-2H3. The number of halogens is 2. The van der Waals surface area contributed by atoms with Gasteiger partial charge in [-0.2, -0.15) is 0 Å². The molecule has 0 aliphatic heterocycles. The molecule has 1 aliphatic rings. The van der Waals surface area contributed by atoms with Crippen molar-refractivity contribution in [2.75, 3.05) is 13.7 Å². The first-order valence-corrected chi connectivity index (χ1v) is 7.35. The van der Waals surface area contributed by atoms with E-state index in [1.165, 1.54) is 6.07 Å². The van der Waals surface area contributed by atoms with Crippen LogP contribution in [0.5, 0.6) is 5.75 Å². The second-order valence-corrected chi connectivity index (χ2v) is 5.61. The normalized spacial score (nSPS) is 26.0. The van der Waals surface area contributed by atoms with Crippen LogP contribution in [0.3, 0.4) is 0 Å². The Morgan fingerprint density at radius 1 is 1.47 bits per heavy atom. The molecular weight excluding hydrogens is 313 g/mol. The highest BCUT2D eigenvalue weighted by Gasteiger charge is 2.43. The third kappa shape index (κ3) is 3.46. The summed E-state index contributed by atoms with van der Waals surface area (Å²) in [6.07, 6.45) is 1.69. The Kier molecular flexibility index (Phi) is 5.19. The summed E-state index contributed by atoms with van der Waals surface area (Å²) in [5, 5.41) is 3.19. The van der Waals surface area contributed by atoms with Crippen LogP contribution in [0.2, 0.25) is 0 Å². The largest absolute Gasteiger partial charge is 0.484 e. The van der Waals surface area contributed by atoms with Crippen LogP contribution in [0.1, 0.15) is 19.8 Å². The van der Waals surface area contributed by atoms with Crippen molar-refractivity contribution in [1.29, 1.82) is 0 Å². The lowest BCUT2D eigenvalue weighted by molar-refractivity contribution is -0.107. The SMILES string of the molecule is CCCOC1C(NC)CC1Oc1cc(Br)ccc1F. The Bertz CT molecular complexity index is 430. The highest BCUT2D eigenvalue weighted by atomic mass is 79.9. The van der Waals surface area contributed by atoms with E-state index in [0.29, 0.717) is 6.61 Å². The van der Waals surface area contributed by atoms with Gasteiger partial charge in [0.2, 0.25) is 0 Å². The molecule has 0 heterocycles. The lowest BCUT2D eigenvalue weighted by Crippen LogP contribution is -2.60. The summed E-state index contributed by atoms with van der Waals surface area (Å²) < 4.78 is 25.9. The molecule has 1 fully saturated rings. The molecule has 106 valence electrons. The third-order valence-corrected chi connectivity index (χ3v) is 3.80. The van der Waals surface area contributed by atoms with E-state index in [1.54, 1.807) is 12.1 Å². The summed E-state index contributed by atoms with van der Waals surface area (Å²) in [4.78, 5) is 0. The molecule has 1 aliphatic carbocycles. The third-order valence-electron chi connectivity index (χ3n) is 3.31. The zero-order chi connectivity index (χ0) is 13.8. The second-order valence-electron chi connectivity index (χ2n) is 4.70. The van der Waals surface area contributed by atoms with Crippen LogP contribution in [-0.2, 0) is 4.74 Å². The molecule has 1 aromatic rings. The topological polar surface area (TPSA) is 30.5 Å². The van der Waals surface area contributed by atoms with Crippen molar-refractivity contribution in [3.8, 4) is 5.75 Å². The molecule has 1 aromatic carbocycles. The van der Waals surface area contributed by atoms with Gasteiger partial charge in [0.1, 0.15) is 12.2 Å². The fourth-order valence-electron chi connectivity index (χ4n) is 2.19. The van der Waals surface area contributed by atoms with Gasteiger partial charge < -0.3 is 14.8 Å². The van der Waals surface area contributed by atoms with Crippen molar-refractivity contribution in [2.24, 2.45) is 0 Å². The molecule has 3 nitrogen and oxygen atoms in total. The van der Waals surface area contributed by atoms with Gasteiger partial charge in [0, 0.05) is 23.5 Å². The van der Waals surface area contributed by atoms with Crippen LogP contribution in [0.4, 0.5) is 4.39 Å². The molecule has 0 amide bonds. The first-order chi connectivity index (χ1) is 9.15. The average Bonchev–Trinajstić information content (AvgIpc) is 2.38. The first-order valence-electron chi connectivity index (χ1n) is 6.56. The maximum Gasteiger partial charge on any atom is 0.165 e. The Morgan fingerprint density at radius 2 is 2.26 bits per heavy atom. The highest BCUT2D eigenvalue weighted by molar-refractivity contribution is 9.10. The maximum absolute atomic E-state index is 13.6. The Labute approximate surface area is 121 Å². The molecule has 1 saturated carbocycles. The van der Waals surface area contributed by atoms with Gasteiger partial charge in [0.05, 0.1) is 0 Å². The minimum absolute atomic E-state index is 0.0108. The Hall–Kier alpha value is -0.650. The van der Waals surface area contributed by atoms with Crippen LogP contribution in [-0.4, -0.2) is 31.9 Å². The molecule has 3 atom stereocenters. The fraction of sp³-hybridized carbons (Fsp3) is 0.571. The number of rotatable bonds is 6. The summed E-state index contributed by atoms with van der Waals surface area (Å²) in [6.45, 7) is 2.76. The highest BCUT2D eigenvalue weighted by Crippen LogP contribution is 2.31. The van der Waals surface area contributed by atoms with Gasteiger partial charge in [0.25, 0.3) is 0 Å². The van der Waals surface area contributed by atoms with Crippen LogP contribution < -0.4 is 10.1 Å². The second kappa shape index (κ2) is 6.68. The number of hydrogen-bond acceptors (Lipinski definition) is 3. The Morgan fingerprint density at radius 3 is 2.95 bits per heavy atom. The molecule has 0 radical (unpaired) electrons. The van der Waals surface area contributed by atoms with Gasteiger partial charge in [-0.3, -0.25) is 0 Å². The van der Waals surface area contributed by atoms with E-state index in [2.05, 4.69) is 28.2 Å². The van der Waals surface area contributed by atoms with Crippen molar-refractivity contribution in [1.82, 2.24) is 5.32 Å². The molecule has 0 aromatic heterocycles. The minimum Gasteiger partial charge on any atom is -0.484 e. The van der Waals surface area contributed by atoms with Crippen LogP contribution in [0, 0.1) is 5.82 Å². The minimum atomic E-state index is -0.342. The number of benzene rings is 1. The maximum atomic E-state index is 13.6. The van der Waals surface area contributed by atoms with Crippen LogP contribution in [0.15, 0.2) is 22.7 Å². The smallest absolute Gasteiger partial charge is 0.165 e. The number of likely N-dealkylation sites (N-methyl/N-ethyl adjacent to an activating group) is 1. The number of hydrogen-bond donors (Lipinski definition) is 1. The number of ether oxygens (including phenoxy) is 2. The summed E-state index contributed by atoms with van der Waals surface area (Å²) in [6, 6.07) is 4.99. The average molecular weight is 332 g/mol. The van der Waals surface area contributed by atoms with Crippen molar-refractivity contribution in [3.63, 3.8) is 0 Å². The van der Waals surface area contributed by atoms with Crippen molar-refractivity contribution < 1.29 is 13.9 Å². The molecule has 2 rings (SSSR count). The van der Waals surface area contributed by atoms with Crippen molar-refractivity contribution in [2.45, 2.75) is 38.0 Å². The predicted molar refractivity (Wildman–Crippen MR) is 76.0 cm³/mol. The van der Waals surface area contributed by atoms with E-state index in [0.717, 1.165) is 17.3 Å². The molecule has 0 saturated heterocycles. The van der Waals surface area contributed by atoms with E-state index >= 15 is 0 Å². The van der Waals surface area contributed by atoms with Gasteiger partial charge in [-0.05, 0) is 31.7 Å². The van der Waals surface area contributed by atoms with Crippen molar-refractivity contribution >= 4 is 15.9 Å². The molecule has 3 unspecified atom stereocenters. The van der Waals surface area contributed by atoms with Crippen LogP contribution >= 0.6 is 15.9 Å². The summed E-state index contributed by atoms with van der Waals surface area (Å²) in [5.41, 5.74) is 0. The van der Waals surface area contributed by atoms with Gasteiger partial charge in [-0.25, -0.2) is 4.39 Å². The first kappa shape index (κ1) is 14.8. The van der Waals surface area contributed by atoms with E-state index in [4.69, 9.17) is 9.47 Å². The molecule has 0 spiro atoms. The summed E-state index contributed by atoms with van der Waals surface area (Å²) in [5.74, 6) is -0.0654.